The molecule has 9 nitrogen and oxygen atoms in total. The largest absolute Gasteiger partial charge is 0.394 e. The topological polar surface area (TPSA) is 117 Å². The van der Waals surface area contributed by atoms with Crippen LogP contribution >= 0.6 is 11.6 Å². The van der Waals surface area contributed by atoms with E-state index in [9.17, 15) is 9.90 Å². The maximum atomic E-state index is 12.9. The Hall–Kier alpha value is -3.43. The Morgan fingerprint density at radius 3 is 2.27 bits per heavy atom. The number of halogens is 1. The number of hydrogen-bond donors (Lipinski definition) is 4. The fourth-order valence-corrected chi connectivity index (χ4v) is 5.63. The predicted molar refractivity (Wildman–Crippen MR) is 201 cm³/mol. The molecular weight excluding hydrogens is 622 g/mol. The lowest BCUT2D eigenvalue weighted by molar-refractivity contribution is 0.0953. The lowest BCUT2D eigenvalue weighted by Crippen LogP contribution is -2.30. The van der Waals surface area contributed by atoms with Crippen molar-refractivity contribution in [1.29, 1.82) is 0 Å². The SMILES string of the molecule is CCCCCC=CCC=CCCCCCCCCNC(=O)c1ccc(Nc2nc(N[C@@H](CO)C(C)C)nc3c2ncn3C(C)C)cc1Cl. The number of aliphatic hydroxyl groups is 1. The van der Waals surface area contributed by atoms with Gasteiger partial charge in [-0.25, -0.2) is 4.98 Å². The van der Waals surface area contributed by atoms with Gasteiger partial charge >= 0.3 is 0 Å². The third-order valence-corrected chi connectivity index (χ3v) is 8.75. The summed E-state index contributed by atoms with van der Waals surface area (Å²) in [5.74, 6) is 0.905. The Kier molecular flexibility index (Phi) is 17.5. The number of rotatable bonds is 23. The minimum absolute atomic E-state index is 0.0413. The van der Waals surface area contributed by atoms with E-state index in [0.717, 1.165) is 25.7 Å². The number of hydrogen-bond acceptors (Lipinski definition) is 7. The molecule has 10 heteroatoms. The third-order valence-electron chi connectivity index (χ3n) is 8.43. The van der Waals surface area contributed by atoms with Crippen molar-refractivity contribution in [1.82, 2.24) is 24.8 Å². The summed E-state index contributed by atoms with van der Waals surface area (Å²) < 4.78 is 1.98. The van der Waals surface area contributed by atoms with Crippen molar-refractivity contribution in [3.05, 3.63) is 59.4 Å². The number of allylic oxidation sites excluding steroid dienone is 4. The molecule has 1 amide bonds. The molecule has 48 heavy (non-hydrogen) atoms. The van der Waals surface area contributed by atoms with Gasteiger partial charge in [0.2, 0.25) is 5.95 Å². The molecule has 0 aliphatic carbocycles. The van der Waals surface area contributed by atoms with Crippen molar-refractivity contribution in [3.63, 3.8) is 0 Å². The van der Waals surface area contributed by atoms with Crippen LogP contribution in [0.15, 0.2) is 48.8 Å². The fourth-order valence-electron chi connectivity index (χ4n) is 5.36. The minimum atomic E-state index is -0.201. The first-order valence-corrected chi connectivity index (χ1v) is 18.4. The summed E-state index contributed by atoms with van der Waals surface area (Å²) >= 11 is 6.59. The quantitative estimate of drug-likeness (QED) is 0.0582. The number of anilines is 3. The molecule has 3 aromatic rings. The minimum Gasteiger partial charge on any atom is -0.394 e. The zero-order valence-electron chi connectivity index (χ0n) is 29.8. The summed E-state index contributed by atoms with van der Waals surface area (Å²) in [7, 11) is 0. The van der Waals surface area contributed by atoms with Crippen LogP contribution in [0.5, 0.6) is 0 Å². The van der Waals surface area contributed by atoms with E-state index in [4.69, 9.17) is 16.6 Å². The van der Waals surface area contributed by atoms with Crippen molar-refractivity contribution < 1.29 is 9.90 Å². The average molecular weight is 680 g/mol. The van der Waals surface area contributed by atoms with Crippen LogP contribution in [-0.2, 0) is 0 Å². The molecule has 0 radical (unpaired) electrons. The molecule has 0 saturated heterocycles. The Morgan fingerprint density at radius 2 is 1.62 bits per heavy atom. The smallest absolute Gasteiger partial charge is 0.252 e. The molecule has 4 N–H and O–H groups in total. The van der Waals surface area contributed by atoms with Gasteiger partial charge in [-0.3, -0.25) is 4.79 Å². The number of fused-ring (bicyclic) bond motifs is 1. The molecule has 1 aromatic carbocycles. The number of unbranched alkanes of at least 4 members (excludes halogenated alkanes) is 9. The van der Waals surface area contributed by atoms with Crippen molar-refractivity contribution in [2.75, 3.05) is 23.8 Å². The first-order chi connectivity index (χ1) is 23.2. The third kappa shape index (κ3) is 12.9. The number of imidazole rings is 1. The molecule has 0 spiro atoms. The van der Waals surface area contributed by atoms with E-state index in [0.29, 0.717) is 45.7 Å². The zero-order chi connectivity index (χ0) is 34.7. The van der Waals surface area contributed by atoms with Crippen LogP contribution in [0.3, 0.4) is 0 Å². The van der Waals surface area contributed by atoms with Crippen LogP contribution < -0.4 is 16.0 Å². The van der Waals surface area contributed by atoms with E-state index in [1.54, 1.807) is 18.5 Å². The van der Waals surface area contributed by atoms with Gasteiger partial charge in [-0.2, -0.15) is 9.97 Å². The van der Waals surface area contributed by atoms with Gasteiger partial charge in [0.25, 0.3) is 5.91 Å². The highest BCUT2D eigenvalue weighted by Gasteiger charge is 2.19. The number of aromatic nitrogens is 4. The molecule has 264 valence electrons. The number of nitrogens with zero attached hydrogens (tertiary/aromatic N) is 4. The zero-order valence-corrected chi connectivity index (χ0v) is 30.5. The molecule has 0 fully saturated rings. The van der Waals surface area contributed by atoms with Gasteiger partial charge < -0.3 is 25.6 Å². The second-order valence-corrected chi connectivity index (χ2v) is 13.6. The molecular formula is C38H58ClN7O2. The summed E-state index contributed by atoms with van der Waals surface area (Å²) in [6, 6.07) is 5.21. The summed E-state index contributed by atoms with van der Waals surface area (Å²) in [5, 5.41) is 19.8. The molecule has 0 bridgehead atoms. The summed E-state index contributed by atoms with van der Waals surface area (Å²) in [5.41, 5.74) is 2.40. The average Bonchev–Trinajstić information content (AvgIpc) is 3.49. The second kappa shape index (κ2) is 21.5. The van der Waals surface area contributed by atoms with E-state index in [-0.39, 0.29) is 30.5 Å². The first-order valence-electron chi connectivity index (χ1n) is 18.0. The number of nitrogens with one attached hydrogen (secondary N) is 3. The maximum absolute atomic E-state index is 12.9. The molecule has 1 atom stereocenters. The Balaban J connectivity index is 1.43. The van der Waals surface area contributed by atoms with Crippen LogP contribution in [-0.4, -0.2) is 49.7 Å². The Labute approximate surface area is 293 Å². The Bertz CT molecular complexity index is 1450. The highest BCUT2D eigenvalue weighted by atomic mass is 35.5. The van der Waals surface area contributed by atoms with Gasteiger partial charge in [0.05, 0.1) is 29.6 Å². The second-order valence-electron chi connectivity index (χ2n) is 13.2. The number of benzene rings is 1. The van der Waals surface area contributed by atoms with E-state index < -0.39 is 0 Å². The summed E-state index contributed by atoms with van der Waals surface area (Å²) in [6.07, 6.45) is 25.2. The van der Waals surface area contributed by atoms with Crippen LogP contribution in [0.4, 0.5) is 17.5 Å². The van der Waals surface area contributed by atoms with Crippen molar-refractivity contribution >= 4 is 46.1 Å². The predicted octanol–water partition coefficient (Wildman–Crippen LogP) is 9.78. The van der Waals surface area contributed by atoms with Gasteiger partial charge in [0.1, 0.15) is 0 Å². The number of carbonyl (C=O) groups excluding carboxylic acids is 1. The van der Waals surface area contributed by atoms with Crippen LogP contribution in [0.1, 0.15) is 128 Å². The lowest BCUT2D eigenvalue weighted by Gasteiger charge is -2.20. The number of aliphatic hydroxyl groups excluding tert-OH is 1. The molecule has 0 saturated carbocycles. The monoisotopic (exact) mass is 679 g/mol. The van der Waals surface area contributed by atoms with E-state index in [1.165, 1.54) is 51.4 Å². The van der Waals surface area contributed by atoms with E-state index in [1.807, 2.05) is 24.5 Å². The lowest BCUT2D eigenvalue weighted by atomic mass is 10.1. The molecule has 0 aliphatic heterocycles. The van der Waals surface area contributed by atoms with Gasteiger partial charge in [0.15, 0.2) is 17.0 Å². The molecule has 3 rings (SSSR count). The molecule has 0 aliphatic rings. The van der Waals surface area contributed by atoms with E-state index in [2.05, 4.69) is 71.0 Å². The normalized spacial score (nSPS) is 12.6. The summed E-state index contributed by atoms with van der Waals surface area (Å²) in [6.45, 7) is 11.0. The first kappa shape index (κ1) is 39.0. The Morgan fingerprint density at radius 1 is 0.938 bits per heavy atom. The molecule has 0 unspecified atom stereocenters. The summed E-state index contributed by atoms with van der Waals surface area (Å²) in [4.78, 5) is 26.8. The molecule has 2 heterocycles. The van der Waals surface area contributed by atoms with E-state index >= 15 is 0 Å². The van der Waals surface area contributed by atoms with Crippen LogP contribution in [0, 0.1) is 5.92 Å². The van der Waals surface area contributed by atoms with Gasteiger partial charge in [-0.1, -0.05) is 95.2 Å². The van der Waals surface area contributed by atoms with Gasteiger partial charge in [0, 0.05) is 18.3 Å². The standard InChI is InChI=1S/C38H58ClN7O2/c1-6-7-8-9-10-11-12-13-14-15-16-17-18-19-20-21-24-40-37(48)31-23-22-30(25-32(31)39)42-35-34-36(46(27-41-34)29(4)5)45-38(44-35)43-33(26-47)28(2)3/h10-11,13-14,22-23,25,27-29,33,47H,6-9,12,15-21,24,26H2,1-5H3,(H,40,48)(H2,42,43,44,45)/t33-/m0/s1. The number of carbonyl (C=O) groups is 1. The van der Waals surface area contributed by atoms with Gasteiger partial charge in [-0.15, -0.1) is 0 Å². The number of amides is 1. The van der Waals surface area contributed by atoms with Crippen LogP contribution in [0.25, 0.3) is 11.2 Å². The highest BCUT2D eigenvalue weighted by Crippen LogP contribution is 2.29. The highest BCUT2D eigenvalue weighted by molar-refractivity contribution is 6.34. The van der Waals surface area contributed by atoms with Gasteiger partial charge in [-0.05, 0) is 76.5 Å². The van der Waals surface area contributed by atoms with Crippen molar-refractivity contribution in [3.8, 4) is 0 Å². The fraction of sp³-hybridized carbons (Fsp3) is 0.579. The van der Waals surface area contributed by atoms with Crippen LogP contribution in [0.2, 0.25) is 5.02 Å². The maximum Gasteiger partial charge on any atom is 0.252 e. The molecule has 2 aromatic heterocycles. The van der Waals surface area contributed by atoms with Crippen molar-refractivity contribution in [2.24, 2.45) is 5.92 Å². The van der Waals surface area contributed by atoms with Crippen molar-refractivity contribution in [2.45, 2.75) is 124 Å².